The van der Waals surface area contributed by atoms with Crippen LogP contribution in [0.1, 0.15) is 5.01 Å². The van der Waals surface area contributed by atoms with Crippen LogP contribution < -0.4 is 0 Å². The average molecular weight is 255 g/mol. The maximum Gasteiger partial charge on any atom is 0.104 e. The smallest absolute Gasteiger partial charge is 0.104 e. The van der Waals surface area contributed by atoms with Gasteiger partial charge in [0.25, 0.3) is 0 Å². The van der Waals surface area contributed by atoms with Crippen molar-refractivity contribution in [3.05, 3.63) is 29.3 Å². The molecule has 0 amide bonds. The number of thioether (sulfide) groups is 1. The molecule has 2 aromatic rings. The fraction of sp³-hybridized carbons (Fsp3) is 0.364. The van der Waals surface area contributed by atoms with Crippen LogP contribution in [0, 0.1) is 0 Å². The van der Waals surface area contributed by atoms with E-state index in [0.717, 1.165) is 16.3 Å². The molecule has 0 saturated heterocycles. The molecular weight excluding hydrogens is 242 g/mol. The number of fused-ring (bicyclic) bond motifs is 1. The summed E-state index contributed by atoms with van der Waals surface area (Å²) >= 11 is 3.27. The minimum atomic E-state index is -0.626. The molecule has 0 unspecified atom stereocenters. The number of rotatable bonds is 5. The molecule has 2 rings (SSSR count). The zero-order valence-corrected chi connectivity index (χ0v) is 10.3. The molecule has 1 aromatic heterocycles. The molecule has 0 fully saturated rings. The topological polar surface area (TPSA) is 53.4 Å². The van der Waals surface area contributed by atoms with Gasteiger partial charge in [0.15, 0.2) is 0 Å². The molecule has 1 heterocycles. The fourth-order valence-electron chi connectivity index (χ4n) is 1.32. The third kappa shape index (κ3) is 2.95. The Morgan fingerprint density at radius 3 is 2.94 bits per heavy atom. The van der Waals surface area contributed by atoms with Crippen molar-refractivity contribution in [2.45, 2.75) is 11.9 Å². The number of aliphatic hydroxyl groups excluding tert-OH is 2. The number of nitrogens with zero attached hydrogens (tertiary/aromatic N) is 1. The minimum absolute atomic E-state index is 0.174. The SMILES string of the molecule is OC[C@H](O)CSCc1nc2ccccc2s1. The second kappa shape index (κ2) is 5.63. The van der Waals surface area contributed by atoms with Crippen LogP contribution in [0.4, 0.5) is 0 Å². The van der Waals surface area contributed by atoms with E-state index >= 15 is 0 Å². The Morgan fingerprint density at radius 1 is 1.38 bits per heavy atom. The van der Waals surface area contributed by atoms with E-state index in [1.54, 1.807) is 23.1 Å². The lowest BCUT2D eigenvalue weighted by Crippen LogP contribution is -2.14. The van der Waals surface area contributed by atoms with Gasteiger partial charge in [-0.1, -0.05) is 12.1 Å². The summed E-state index contributed by atoms with van der Waals surface area (Å²) in [4.78, 5) is 4.49. The molecule has 1 aromatic carbocycles. The standard InChI is InChI=1S/C11H13NO2S2/c13-5-8(14)6-15-7-11-12-9-3-1-2-4-10(9)16-11/h1-4,8,13-14H,5-7H2/t8-/m0/s1. The van der Waals surface area contributed by atoms with E-state index < -0.39 is 6.10 Å². The average Bonchev–Trinajstić information content (AvgIpc) is 2.71. The highest BCUT2D eigenvalue weighted by Crippen LogP contribution is 2.24. The van der Waals surface area contributed by atoms with Crippen molar-refractivity contribution in [3.8, 4) is 0 Å². The van der Waals surface area contributed by atoms with Crippen LogP contribution in [-0.4, -0.2) is 33.7 Å². The summed E-state index contributed by atoms with van der Waals surface area (Å²) in [5, 5.41) is 18.9. The summed E-state index contributed by atoms with van der Waals surface area (Å²) in [6.45, 7) is -0.174. The second-order valence-corrected chi connectivity index (χ2v) is 5.57. The van der Waals surface area contributed by atoms with Crippen molar-refractivity contribution in [2.75, 3.05) is 12.4 Å². The molecule has 0 aliphatic heterocycles. The summed E-state index contributed by atoms with van der Waals surface area (Å²) in [7, 11) is 0. The lowest BCUT2D eigenvalue weighted by Gasteiger charge is -2.04. The summed E-state index contributed by atoms with van der Waals surface area (Å²) in [6, 6.07) is 8.05. The van der Waals surface area contributed by atoms with Gasteiger partial charge >= 0.3 is 0 Å². The van der Waals surface area contributed by atoms with Crippen molar-refractivity contribution < 1.29 is 10.2 Å². The first kappa shape index (κ1) is 11.9. The number of thiazole rings is 1. The lowest BCUT2D eigenvalue weighted by atomic mass is 10.3. The van der Waals surface area contributed by atoms with Gasteiger partial charge < -0.3 is 10.2 Å². The number of hydrogen-bond acceptors (Lipinski definition) is 5. The molecule has 16 heavy (non-hydrogen) atoms. The summed E-state index contributed by atoms with van der Waals surface area (Å²) in [6.07, 6.45) is -0.626. The molecule has 0 spiro atoms. The molecule has 0 aliphatic rings. The zero-order valence-electron chi connectivity index (χ0n) is 8.67. The highest BCUT2D eigenvalue weighted by Gasteiger charge is 2.05. The van der Waals surface area contributed by atoms with E-state index in [9.17, 15) is 5.11 Å². The van der Waals surface area contributed by atoms with Gasteiger partial charge in [-0.05, 0) is 12.1 Å². The van der Waals surface area contributed by atoms with Gasteiger partial charge in [-0.3, -0.25) is 0 Å². The van der Waals surface area contributed by atoms with Crippen molar-refractivity contribution in [1.29, 1.82) is 0 Å². The third-order valence-corrected chi connectivity index (χ3v) is 4.40. The zero-order chi connectivity index (χ0) is 11.4. The van der Waals surface area contributed by atoms with Crippen LogP contribution >= 0.6 is 23.1 Å². The van der Waals surface area contributed by atoms with Crippen LogP contribution in [0.3, 0.4) is 0 Å². The first-order valence-electron chi connectivity index (χ1n) is 5.00. The Balaban J connectivity index is 1.94. The predicted octanol–water partition coefficient (Wildman–Crippen LogP) is 1.88. The van der Waals surface area contributed by atoms with Gasteiger partial charge in [0.05, 0.1) is 22.9 Å². The van der Waals surface area contributed by atoms with E-state index in [1.165, 1.54) is 4.70 Å². The third-order valence-electron chi connectivity index (χ3n) is 2.08. The first-order valence-corrected chi connectivity index (χ1v) is 6.98. The van der Waals surface area contributed by atoms with E-state index in [1.807, 2.05) is 18.2 Å². The van der Waals surface area contributed by atoms with Crippen molar-refractivity contribution >= 4 is 33.3 Å². The Morgan fingerprint density at radius 2 is 2.19 bits per heavy atom. The molecule has 0 radical (unpaired) electrons. The highest BCUT2D eigenvalue weighted by molar-refractivity contribution is 7.98. The maximum absolute atomic E-state index is 9.19. The van der Waals surface area contributed by atoms with E-state index in [0.29, 0.717) is 5.75 Å². The van der Waals surface area contributed by atoms with Gasteiger partial charge in [0.1, 0.15) is 5.01 Å². The van der Waals surface area contributed by atoms with E-state index in [4.69, 9.17) is 5.11 Å². The Hall–Kier alpha value is -0.620. The number of aromatic nitrogens is 1. The summed E-state index contributed by atoms with van der Waals surface area (Å²) in [5.41, 5.74) is 1.03. The van der Waals surface area contributed by atoms with Gasteiger partial charge in [-0.2, -0.15) is 11.8 Å². The summed E-state index contributed by atoms with van der Waals surface area (Å²) in [5.74, 6) is 1.34. The second-order valence-electron chi connectivity index (χ2n) is 3.43. The van der Waals surface area contributed by atoms with E-state index in [-0.39, 0.29) is 6.61 Å². The van der Waals surface area contributed by atoms with Gasteiger partial charge in [-0.25, -0.2) is 4.98 Å². The van der Waals surface area contributed by atoms with Gasteiger partial charge in [0.2, 0.25) is 0 Å². The monoisotopic (exact) mass is 255 g/mol. The molecule has 1 atom stereocenters. The van der Waals surface area contributed by atoms with Crippen LogP contribution in [0.2, 0.25) is 0 Å². The highest BCUT2D eigenvalue weighted by atomic mass is 32.2. The Bertz CT molecular complexity index is 425. The molecule has 5 heteroatoms. The molecular formula is C11H13NO2S2. The first-order chi connectivity index (χ1) is 7.79. The van der Waals surface area contributed by atoms with Crippen LogP contribution in [0.15, 0.2) is 24.3 Å². The molecule has 0 bridgehead atoms. The molecule has 86 valence electrons. The minimum Gasteiger partial charge on any atom is -0.394 e. The van der Waals surface area contributed by atoms with Gasteiger partial charge in [0, 0.05) is 11.5 Å². The van der Waals surface area contributed by atoms with Crippen LogP contribution in [-0.2, 0) is 5.75 Å². The molecule has 0 saturated carbocycles. The number of hydrogen-bond donors (Lipinski definition) is 2. The van der Waals surface area contributed by atoms with Crippen LogP contribution in [0.5, 0.6) is 0 Å². The quantitative estimate of drug-likeness (QED) is 0.856. The molecule has 2 N–H and O–H groups in total. The van der Waals surface area contributed by atoms with Crippen molar-refractivity contribution in [1.82, 2.24) is 4.98 Å². The van der Waals surface area contributed by atoms with Crippen molar-refractivity contribution in [3.63, 3.8) is 0 Å². The number of aliphatic hydroxyl groups is 2. The number of benzene rings is 1. The Labute approximate surface area is 102 Å². The van der Waals surface area contributed by atoms with E-state index in [2.05, 4.69) is 11.1 Å². The fourth-order valence-corrected chi connectivity index (χ4v) is 3.30. The molecule has 0 aliphatic carbocycles. The normalized spacial score (nSPS) is 13.1. The number of para-hydroxylation sites is 1. The lowest BCUT2D eigenvalue weighted by molar-refractivity contribution is 0.113. The van der Waals surface area contributed by atoms with Crippen LogP contribution in [0.25, 0.3) is 10.2 Å². The maximum atomic E-state index is 9.19. The van der Waals surface area contributed by atoms with Crippen molar-refractivity contribution in [2.24, 2.45) is 0 Å². The Kier molecular flexibility index (Phi) is 4.17. The summed E-state index contributed by atoms with van der Waals surface area (Å²) < 4.78 is 1.20. The predicted molar refractivity (Wildman–Crippen MR) is 68.9 cm³/mol. The van der Waals surface area contributed by atoms with Gasteiger partial charge in [-0.15, -0.1) is 11.3 Å². The molecule has 3 nitrogen and oxygen atoms in total. The largest absolute Gasteiger partial charge is 0.394 e.